The molecule has 0 spiro atoms. The Labute approximate surface area is 178 Å². The van der Waals surface area contributed by atoms with Gasteiger partial charge in [-0.05, 0) is 44.2 Å². The molecule has 1 aromatic rings. The third kappa shape index (κ3) is 6.82. The Bertz CT molecular complexity index is 723. The van der Waals surface area contributed by atoms with Gasteiger partial charge in [0.15, 0.2) is 0 Å². The maximum Gasteiger partial charge on any atom is 0.243 e. The third-order valence-corrected chi connectivity index (χ3v) is 7.83. The van der Waals surface area contributed by atoms with E-state index in [2.05, 4.69) is 5.32 Å². The van der Waals surface area contributed by atoms with Gasteiger partial charge in [0, 0.05) is 25.6 Å². The maximum atomic E-state index is 12.8. The topological polar surface area (TPSA) is 66.5 Å². The fraction of sp³-hybridized carbons (Fsp3) is 0.696. The van der Waals surface area contributed by atoms with Gasteiger partial charge in [0.1, 0.15) is 0 Å². The van der Waals surface area contributed by atoms with Gasteiger partial charge in [-0.3, -0.25) is 4.79 Å². The summed E-state index contributed by atoms with van der Waals surface area (Å²) in [6, 6.07) is 7.01. The molecule has 1 saturated heterocycles. The number of hydrogen-bond acceptors (Lipinski definition) is 3. The van der Waals surface area contributed by atoms with Gasteiger partial charge in [-0.1, -0.05) is 64.7 Å². The van der Waals surface area contributed by atoms with Crippen molar-refractivity contribution in [2.24, 2.45) is 11.8 Å². The third-order valence-electron chi connectivity index (χ3n) is 5.95. The molecule has 0 radical (unpaired) electrons. The molecule has 1 aliphatic carbocycles. The van der Waals surface area contributed by atoms with E-state index in [9.17, 15) is 13.2 Å². The van der Waals surface area contributed by atoms with Crippen LogP contribution < -0.4 is 5.32 Å². The van der Waals surface area contributed by atoms with Crippen molar-refractivity contribution in [2.75, 3.05) is 19.6 Å². The number of sulfonamides is 1. The van der Waals surface area contributed by atoms with E-state index in [0.717, 1.165) is 37.7 Å². The number of benzene rings is 1. The van der Waals surface area contributed by atoms with Crippen molar-refractivity contribution in [3.63, 3.8) is 0 Å². The molecule has 2 aliphatic rings. The molecular weight excluding hydrogens is 384 g/mol. The molecule has 0 bridgehead atoms. The Kier molecular flexibility index (Phi) is 10.3. The molecule has 1 N–H and O–H groups in total. The molecule has 5 nitrogen and oxygen atoms in total. The summed E-state index contributed by atoms with van der Waals surface area (Å²) in [7, 11) is -3.44. The summed E-state index contributed by atoms with van der Waals surface area (Å²) in [5.74, 6) is 0.499. The van der Waals surface area contributed by atoms with Crippen LogP contribution in [0.15, 0.2) is 29.2 Å². The zero-order valence-electron chi connectivity index (χ0n) is 16.3. The number of nitrogens with zero attached hydrogens (tertiary/aromatic N) is 1. The molecule has 1 aromatic carbocycles. The zero-order valence-corrected chi connectivity index (χ0v) is 17.1. The Hall–Kier alpha value is -1.40. The first-order valence-corrected chi connectivity index (χ1v) is 11.8. The Morgan fingerprint density at radius 2 is 1.59 bits per heavy atom. The van der Waals surface area contributed by atoms with Crippen molar-refractivity contribution in [1.82, 2.24) is 9.62 Å². The zero-order chi connectivity index (χ0) is 19.3. The summed E-state index contributed by atoms with van der Waals surface area (Å²) in [5, 5.41) is 3.10. The van der Waals surface area contributed by atoms with E-state index in [1.54, 1.807) is 16.4 Å². The number of hydrogen-bond donors (Lipinski definition) is 1. The number of aryl methyl sites for hydroxylation is 1. The highest BCUT2D eigenvalue weighted by atomic mass is 32.2. The fourth-order valence-corrected chi connectivity index (χ4v) is 5.68. The molecule has 6 heteroatoms. The standard InChI is InChI=1S/C21H32N2O3S.2CH4/c1-17-9-11-20(12-10-17)27(25,26)23-14-13-18(16-23)15-22-21(24)19-7-5-3-2-4-6-8-19;;/h9-12,18-19H,2-8,13-16H2,1H3,(H,22,24);2*1H4. The molecule has 1 amide bonds. The molecule has 2 fully saturated rings. The number of nitrogens with one attached hydrogen (secondary N) is 1. The minimum atomic E-state index is -3.44. The molecule has 3 rings (SSSR count). The van der Waals surface area contributed by atoms with Crippen LogP contribution in [0.1, 0.15) is 71.8 Å². The minimum Gasteiger partial charge on any atom is -0.356 e. The van der Waals surface area contributed by atoms with E-state index in [-0.39, 0.29) is 32.6 Å². The van der Waals surface area contributed by atoms with E-state index in [1.807, 2.05) is 19.1 Å². The van der Waals surface area contributed by atoms with Crippen LogP contribution in [0.2, 0.25) is 0 Å². The van der Waals surface area contributed by atoms with Gasteiger partial charge in [-0.25, -0.2) is 8.42 Å². The van der Waals surface area contributed by atoms with Crippen molar-refractivity contribution >= 4 is 15.9 Å². The van der Waals surface area contributed by atoms with Crippen molar-refractivity contribution in [3.05, 3.63) is 29.8 Å². The van der Waals surface area contributed by atoms with Crippen molar-refractivity contribution in [1.29, 1.82) is 0 Å². The monoisotopic (exact) mass is 424 g/mol. The Morgan fingerprint density at radius 3 is 2.21 bits per heavy atom. The molecular formula is C23H40N2O3S. The summed E-state index contributed by atoms with van der Waals surface area (Å²) >= 11 is 0. The van der Waals surface area contributed by atoms with Gasteiger partial charge >= 0.3 is 0 Å². The predicted molar refractivity (Wildman–Crippen MR) is 120 cm³/mol. The molecule has 166 valence electrons. The largest absolute Gasteiger partial charge is 0.356 e. The van der Waals surface area contributed by atoms with Crippen LogP contribution in [-0.4, -0.2) is 38.3 Å². The van der Waals surface area contributed by atoms with Crippen molar-refractivity contribution in [3.8, 4) is 0 Å². The first kappa shape index (κ1) is 25.6. The van der Waals surface area contributed by atoms with Gasteiger partial charge in [0.25, 0.3) is 0 Å². The highest BCUT2D eigenvalue weighted by Crippen LogP contribution is 2.25. The summed E-state index contributed by atoms with van der Waals surface area (Å²) in [5.41, 5.74) is 1.05. The summed E-state index contributed by atoms with van der Waals surface area (Å²) < 4.78 is 27.1. The second-order valence-corrected chi connectivity index (χ2v) is 10.1. The van der Waals surface area contributed by atoms with E-state index >= 15 is 0 Å². The number of carbonyl (C=O) groups excluding carboxylic acids is 1. The molecule has 1 unspecified atom stereocenters. The lowest BCUT2D eigenvalue weighted by molar-refractivity contribution is -0.125. The second kappa shape index (κ2) is 11.7. The lowest BCUT2D eigenvalue weighted by Gasteiger charge is -2.20. The second-order valence-electron chi connectivity index (χ2n) is 8.12. The lowest BCUT2D eigenvalue weighted by atomic mass is 9.90. The first-order chi connectivity index (χ1) is 13.0. The number of amides is 1. The van der Waals surface area contributed by atoms with E-state index in [0.29, 0.717) is 24.5 Å². The predicted octanol–water partition coefficient (Wildman–Crippen LogP) is 4.75. The van der Waals surface area contributed by atoms with Gasteiger partial charge < -0.3 is 5.32 Å². The first-order valence-electron chi connectivity index (χ1n) is 10.3. The maximum absolute atomic E-state index is 12.8. The van der Waals surface area contributed by atoms with Crippen LogP contribution in [0, 0.1) is 18.8 Å². The van der Waals surface area contributed by atoms with Gasteiger partial charge in [0.2, 0.25) is 15.9 Å². The Balaban J connectivity index is 0.00000210. The summed E-state index contributed by atoms with van der Waals surface area (Å²) in [6.07, 6.45) is 8.83. The molecule has 29 heavy (non-hydrogen) atoms. The SMILES string of the molecule is C.C.Cc1ccc(S(=O)(=O)N2CCC(CNC(=O)C3CCCCCCC3)C2)cc1. The number of rotatable bonds is 5. The van der Waals surface area contributed by atoms with Crippen LogP contribution in [-0.2, 0) is 14.8 Å². The van der Waals surface area contributed by atoms with E-state index in [1.165, 1.54) is 19.3 Å². The van der Waals surface area contributed by atoms with Crippen LogP contribution in [0.5, 0.6) is 0 Å². The molecule has 0 aromatic heterocycles. The summed E-state index contributed by atoms with van der Waals surface area (Å²) in [6.45, 7) is 3.54. The van der Waals surface area contributed by atoms with Crippen LogP contribution in [0.3, 0.4) is 0 Å². The van der Waals surface area contributed by atoms with Crippen molar-refractivity contribution in [2.45, 2.75) is 78.0 Å². The van der Waals surface area contributed by atoms with Crippen LogP contribution in [0.4, 0.5) is 0 Å². The van der Waals surface area contributed by atoms with E-state index < -0.39 is 10.0 Å². The average Bonchev–Trinajstić information content (AvgIpc) is 3.10. The quantitative estimate of drug-likeness (QED) is 0.741. The van der Waals surface area contributed by atoms with Crippen LogP contribution in [0.25, 0.3) is 0 Å². The smallest absolute Gasteiger partial charge is 0.243 e. The molecule has 1 saturated carbocycles. The fourth-order valence-electron chi connectivity index (χ4n) is 4.15. The highest BCUT2D eigenvalue weighted by Gasteiger charge is 2.33. The molecule has 1 heterocycles. The average molecular weight is 425 g/mol. The molecule has 1 aliphatic heterocycles. The van der Waals surface area contributed by atoms with Crippen LogP contribution >= 0.6 is 0 Å². The minimum absolute atomic E-state index is 0. The Morgan fingerprint density at radius 1 is 1.00 bits per heavy atom. The lowest BCUT2D eigenvalue weighted by Crippen LogP contribution is -2.36. The normalized spacial score (nSPS) is 21.3. The van der Waals surface area contributed by atoms with Crippen molar-refractivity contribution < 1.29 is 13.2 Å². The summed E-state index contributed by atoms with van der Waals surface area (Å²) in [4.78, 5) is 12.9. The number of carbonyl (C=O) groups is 1. The highest BCUT2D eigenvalue weighted by molar-refractivity contribution is 7.89. The van der Waals surface area contributed by atoms with E-state index in [4.69, 9.17) is 0 Å². The van der Waals surface area contributed by atoms with Gasteiger partial charge in [-0.15, -0.1) is 0 Å². The molecule has 1 atom stereocenters. The van der Waals surface area contributed by atoms with Gasteiger partial charge in [-0.2, -0.15) is 4.31 Å². The van der Waals surface area contributed by atoms with Gasteiger partial charge in [0.05, 0.1) is 4.90 Å².